The summed E-state index contributed by atoms with van der Waals surface area (Å²) in [4.78, 5) is 16.4. The Bertz CT molecular complexity index is 701. The number of para-hydroxylation sites is 1. The maximum absolute atomic E-state index is 12.5. The van der Waals surface area contributed by atoms with E-state index in [0.717, 1.165) is 24.0 Å². The maximum atomic E-state index is 12.5. The molecule has 2 aromatic rings. The maximum Gasteiger partial charge on any atom is 0.224 e. The molecular formula is C17H25N5O2. The first-order valence-electron chi connectivity index (χ1n) is 8.54. The molecule has 3 rings (SSSR count). The van der Waals surface area contributed by atoms with Crippen molar-refractivity contribution in [2.75, 3.05) is 26.7 Å². The van der Waals surface area contributed by atoms with Gasteiger partial charge in [0.05, 0.1) is 24.2 Å². The number of aliphatic hydroxyl groups is 1. The van der Waals surface area contributed by atoms with Crippen molar-refractivity contribution in [2.45, 2.75) is 38.5 Å². The zero-order valence-corrected chi connectivity index (χ0v) is 14.3. The summed E-state index contributed by atoms with van der Waals surface area (Å²) in [5.41, 5.74) is 1.77. The van der Waals surface area contributed by atoms with Crippen molar-refractivity contribution >= 4 is 16.9 Å². The van der Waals surface area contributed by atoms with Crippen LogP contribution in [0.2, 0.25) is 0 Å². The fourth-order valence-electron chi connectivity index (χ4n) is 3.37. The number of nitrogens with zero attached hydrogens (tertiary/aromatic N) is 5. The van der Waals surface area contributed by atoms with Crippen LogP contribution in [0.4, 0.5) is 0 Å². The first-order chi connectivity index (χ1) is 11.6. The number of hydrogen-bond donors (Lipinski definition) is 1. The largest absolute Gasteiger partial charge is 0.390 e. The predicted octanol–water partition coefficient (Wildman–Crippen LogP) is 0.735. The molecule has 2 atom stereocenters. The van der Waals surface area contributed by atoms with Crippen LogP contribution >= 0.6 is 0 Å². The highest BCUT2D eigenvalue weighted by Gasteiger charge is 2.35. The second-order valence-electron chi connectivity index (χ2n) is 6.47. The van der Waals surface area contributed by atoms with E-state index in [1.54, 1.807) is 9.58 Å². The van der Waals surface area contributed by atoms with Crippen molar-refractivity contribution < 1.29 is 9.90 Å². The molecule has 0 radical (unpaired) electrons. The van der Waals surface area contributed by atoms with Gasteiger partial charge in [0.1, 0.15) is 5.52 Å². The molecule has 24 heavy (non-hydrogen) atoms. The molecule has 1 N–H and O–H groups in total. The number of rotatable bonds is 6. The summed E-state index contributed by atoms with van der Waals surface area (Å²) in [5.74, 6) is 0.0565. The Morgan fingerprint density at radius 3 is 2.96 bits per heavy atom. The van der Waals surface area contributed by atoms with Crippen molar-refractivity contribution in [2.24, 2.45) is 0 Å². The molecule has 1 fully saturated rings. The van der Waals surface area contributed by atoms with Crippen molar-refractivity contribution in [3.05, 3.63) is 24.3 Å². The van der Waals surface area contributed by atoms with Gasteiger partial charge >= 0.3 is 0 Å². The van der Waals surface area contributed by atoms with Gasteiger partial charge in [-0.1, -0.05) is 24.3 Å². The van der Waals surface area contributed by atoms with E-state index in [1.165, 1.54) is 0 Å². The standard InChI is InChI=1S/C17H25N5O2/c1-3-9-20(2)15-11-21(12-16(15)23)17(24)8-10-22-14-7-5-4-6-13(14)18-19-22/h4-7,15-16,23H,3,8-12H2,1-2H3/t15-,16-/m0/s1. The number of carbonyl (C=O) groups excluding carboxylic acids is 1. The minimum absolute atomic E-state index is 0.0288. The zero-order valence-electron chi connectivity index (χ0n) is 14.3. The fraction of sp³-hybridized carbons (Fsp3) is 0.588. The molecule has 130 valence electrons. The van der Waals surface area contributed by atoms with Crippen LogP contribution in [0, 0.1) is 0 Å². The van der Waals surface area contributed by atoms with Gasteiger partial charge < -0.3 is 10.0 Å². The quantitative estimate of drug-likeness (QED) is 0.845. The monoisotopic (exact) mass is 331 g/mol. The number of β-amino-alcohol motifs (C(OH)–C–C–N with tert-alkyl or cyclic N) is 1. The SMILES string of the molecule is CCCN(C)[C@H]1CN(C(=O)CCn2nnc3ccccc32)C[C@@H]1O. The smallest absolute Gasteiger partial charge is 0.224 e. The summed E-state index contributed by atoms with van der Waals surface area (Å²) >= 11 is 0. The van der Waals surface area contributed by atoms with Gasteiger partial charge in [-0.25, -0.2) is 4.68 Å². The first-order valence-corrected chi connectivity index (χ1v) is 8.54. The molecule has 1 saturated heterocycles. The molecule has 0 unspecified atom stereocenters. The first kappa shape index (κ1) is 16.9. The summed E-state index contributed by atoms with van der Waals surface area (Å²) in [7, 11) is 2.01. The fourth-order valence-corrected chi connectivity index (χ4v) is 3.37. The Kier molecular flexibility index (Phi) is 5.11. The molecule has 7 heteroatoms. The minimum atomic E-state index is -0.474. The van der Waals surface area contributed by atoms with E-state index in [-0.39, 0.29) is 11.9 Å². The van der Waals surface area contributed by atoms with Crippen LogP contribution in [0.5, 0.6) is 0 Å². The van der Waals surface area contributed by atoms with E-state index in [0.29, 0.717) is 26.1 Å². The van der Waals surface area contributed by atoms with E-state index in [4.69, 9.17) is 0 Å². The molecule has 1 aliphatic heterocycles. The molecule has 1 amide bonds. The normalized spacial score (nSPS) is 21.1. The molecule has 0 saturated carbocycles. The highest BCUT2D eigenvalue weighted by atomic mass is 16.3. The summed E-state index contributed by atoms with van der Waals surface area (Å²) < 4.78 is 1.76. The number of aromatic nitrogens is 3. The molecule has 1 aliphatic rings. The van der Waals surface area contributed by atoms with Crippen LogP contribution in [0.3, 0.4) is 0 Å². The van der Waals surface area contributed by atoms with Crippen LogP contribution in [0.25, 0.3) is 11.0 Å². The summed E-state index contributed by atoms with van der Waals surface area (Å²) in [6.07, 6.45) is 0.926. The van der Waals surface area contributed by atoms with Crippen molar-refractivity contribution in [3.8, 4) is 0 Å². The number of likely N-dealkylation sites (tertiary alicyclic amines) is 1. The van der Waals surface area contributed by atoms with Gasteiger partial charge in [0.15, 0.2) is 0 Å². The van der Waals surface area contributed by atoms with E-state index in [9.17, 15) is 9.90 Å². The number of aliphatic hydroxyl groups excluding tert-OH is 1. The third kappa shape index (κ3) is 3.42. The van der Waals surface area contributed by atoms with Gasteiger partial charge in [-0.15, -0.1) is 5.10 Å². The Morgan fingerprint density at radius 1 is 1.38 bits per heavy atom. The average Bonchev–Trinajstić information content (AvgIpc) is 3.16. The lowest BCUT2D eigenvalue weighted by molar-refractivity contribution is -0.130. The number of likely N-dealkylation sites (N-methyl/N-ethyl adjacent to an activating group) is 1. The minimum Gasteiger partial charge on any atom is -0.390 e. The number of amides is 1. The van der Waals surface area contributed by atoms with Crippen LogP contribution in [0.15, 0.2) is 24.3 Å². The second kappa shape index (κ2) is 7.27. The van der Waals surface area contributed by atoms with Gasteiger partial charge in [-0.2, -0.15) is 0 Å². The Labute approximate surface area is 141 Å². The van der Waals surface area contributed by atoms with Gasteiger partial charge in [0.25, 0.3) is 0 Å². The highest BCUT2D eigenvalue weighted by molar-refractivity contribution is 5.77. The number of hydrogen-bond acceptors (Lipinski definition) is 5. The molecule has 1 aromatic carbocycles. The topological polar surface area (TPSA) is 74.5 Å². The number of fused-ring (bicyclic) bond motifs is 1. The lowest BCUT2D eigenvalue weighted by atomic mass is 10.2. The van der Waals surface area contributed by atoms with E-state index in [1.807, 2.05) is 31.3 Å². The molecule has 7 nitrogen and oxygen atoms in total. The highest BCUT2D eigenvalue weighted by Crippen LogP contribution is 2.17. The van der Waals surface area contributed by atoms with E-state index in [2.05, 4.69) is 22.1 Å². The Balaban J connectivity index is 1.58. The molecule has 2 heterocycles. The second-order valence-corrected chi connectivity index (χ2v) is 6.47. The molecular weight excluding hydrogens is 306 g/mol. The van der Waals surface area contributed by atoms with Gasteiger partial charge in [-0.05, 0) is 32.1 Å². The molecule has 0 aliphatic carbocycles. The van der Waals surface area contributed by atoms with Crippen molar-refractivity contribution in [1.29, 1.82) is 0 Å². The van der Waals surface area contributed by atoms with Crippen molar-refractivity contribution in [3.63, 3.8) is 0 Å². The van der Waals surface area contributed by atoms with Gasteiger partial charge in [-0.3, -0.25) is 9.69 Å². The number of carbonyl (C=O) groups is 1. The molecule has 0 spiro atoms. The average molecular weight is 331 g/mol. The van der Waals surface area contributed by atoms with Crippen molar-refractivity contribution in [1.82, 2.24) is 24.8 Å². The predicted molar refractivity (Wildman–Crippen MR) is 91.4 cm³/mol. The van der Waals surface area contributed by atoms with Crippen LogP contribution in [0.1, 0.15) is 19.8 Å². The summed E-state index contributed by atoms with van der Waals surface area (Å²) in [5, 5.41) is 18.5. The number of benzene rings is 1. The van der Waals surface area contributed by atoms with Crippen LogP contribution in [-0.2, 0) is 11.3 Å². The van der Waals surface area contributed by atoms with Crippen LogP contribution in [-0.4, -0.2) is 74.6 Å². The Morgan fingerprint density at radius 2 is 2.17 bits per heavy atom. The van der Waals surface area contributed by atoms with Crippen LogP contribution < -0.4 is 0 Å². The lowest BCUT2D eigenvalue weighted by Gasteiger charge is -2.25. The Hall–Kier alpha value is -1.99. The summed E-state index contributed by atoms with van der Waals surface area (Å²) in [6.45, 7) is 4.55. The molecule has 1 aromatic heterocycles. The number of aryl methyl sites for hydroxylation is 1. The van der Waals surface area contributed by atoms with E-state index >= 15 is 0 Å². The summed E-state index contributed by atoms with van der Waals surface area (Å²) in [6, 6.07) is 7.75. The third-order valence-corrected chi connectivity index (χ3v) is 4.71. The van der Waals surface area contributed by atoms with E-state index < -0.39 is 6.10 Å². The lowest BCUT2D eigenvalue weighted by Crippen LogP contribution is -2.41. The van der Waals surface area contributed by atoms with Gasteiger partial charge in [0, 0.05) is 19.5 Å². The zero-order chi connectivity index (χ0) is 17.1. The van der Waals surface area contributed by atoms with Gasteiger partial charge in [0.2, 0.25) is 5.91 Å². The molecule has 0 bridgehead atoms. The third-order valence-electron chi connectivity index (χ3n) is 4.71.